The van der Waals surface area contributed by atoms with Crippen molar-refractivity contribution in [3.63, 3.8) is 0 Å². The summed E-state index contributed by atoms with van der Waals surface area (Å²) in [5.74, 6) is -2.94. The van der Waals surface area contributed by atoms with Crippen LogP contribution in [0.15, 0.2) is 24.3 Å². The van der Waals surface area contributed by atoms with Crippen molar-refractivity contribution < 1.29 is 27.2 Å². The summed E-state index contributed by atoms with van der Waals surface area (Å²) >= 11 is 0. The molecular weight excluding hydrogens is 406 g/mol. The zero-order valence-corrected chi connectivity index (χ0v) is 16.2. The van der Waals surface area contributed by atoms with Crippen LogP contribution >= 0.6 is 0 Å². The Morgan fingerprint density at radius 2 is 1.93 bits per heavy atom. The molecule has 2 aromatic rings. The summed E-state index contributed by atoms with van der Waals surface area (Å²) in [4.78, 5) is 28.5. The molecular formula is C19H19F4N5O2. The van der Waals surface area contributed by atoms with E-state index < -0.39 is 35.8 Å². The summed E-state index contributed by atoms with van der Waals surface area (Å²) in [6.45, 7) is 1.50. The van der Waals surface area contributed by atoms with Crippen molar-refractivity contribution >= 4 is 11.8 Å². The average molecular weight is 425 g/mol. The number of halogens is 4. The minimum Gasteiger partial charge on any atom is -0.338 e. The third kappa shape index (κ3) is 3.21. The van der Waals surface area contributed by atoms with Crippen LogP contribution in [-0.2, 0) is 22.3 Å². The van der Waals surface area contributed by atoms with Gasteiger partial charge in [-0.15, -0.1) is 10.2 Å². The van der Waals surface area contributed by atoms with Gasteiger partial charge >= 0.3 is 6.18 Å². The molecule has 1 aromatic carbocycles. The zero-order valence-electron chi connectivity index (χ0n) is 16.2. The highest BCUT2D eigenvalue weighted by Gasteiger charge is 2.47. The number of likely N-dealkylation sites (tertiary alicyclic amines) is 1. The first-order valence-corrected chi connectivity index (χ1v) is 9.41. The van der Waals surface area contributed by atoms with Crippen LogP contribution in [-0.4, -0.2) is 50.0 Å². The summed E-state index contributed by atoms with van der Waals surface area (Å²) in [5, 5.41) is 6.91. The Kier molecular flexibility index (Phi) is 4.78. The van der Waals surface area contributed by atoms with Crippen LogP contribution in [0.25, 0.3) is 0 Å². The first kappa shape index (κ1) is 20.3. The van der Waals surface area contributed by atoms with Gasteiger partial charge in [-0.25, -0.2) is 4.39 Å². The summed E-state index contributed by atoms with van der Waals surface area (Å²) in [6, 6.07) is 4.31. The maximum absolute atomic E-state index is 13.7. The van der Waals surface area contributed by atoms with E-state index in [2.05, 4.69) is 10.2 Å². The lowest BCUT2D eigenvalue weighted by Gasteiger charge is -2.36. The predicted molar refractivity (Wildman–Crippen MR) is 95.2 cm³/mol. The van der Waals surface area contributed by atoms with Gasteiger partial charge in [0, 0.05) is 26.6 Å². The topological polar surface area (TPSA) is 71.3 Å². The molecule has 1 fully saturated rings. The van der Waals surface area contributed by atoms with E-state index in [0.717, 1.165) is 4.57 Å². The number of alkyl halides is 3. The maximum atomic E-state index is 13.7. The van der Waals surface area contributed by atoms with Crippen LogP contribution in [0.1, 0.15) is 42.6 Å². The van der Waals surface area contributed by atoms with Crippen LogP contribution in [0.5, 0.6) is 0 Å². The fourth-order valence-electron chi connectivity index (χ4n) is 4.35. The first-order chi connectivity index (χ1) is 14.1. The second-order valence-corrected chi connectivity index (χ2v) is 7.55. The number of nitrogens with zero attached hydrogens (tertiary/aromatic N) is 5. The molecule has 0 spiro atoms. The number of rotatable bonds is 2. The molecule has 30 heavy (non-hydrogen) atoms. The summed E-state index contributed by atoms with van der Waals surface area (Å²) in [7, 11) is 1.55. The molecule has 0 aliphatic carbocycles. The zero-order chi connectivity index (χ0) is 21.8. The van der Waals surface area contributed by atoms with Gasteiger partial charge in [0.15, 0.2) is 5.82 Å². The van der Waals surface area contributed by atoms with E-state index >= 15 is 0 Å². The van der Waals surface area contributed by atoms with Gasteiger partial charge in [0.25, 0.3) is 0 Å². The minimum absolute atomic E-state index is 0.0262. The van der Waals surface area contributed by atoms with Crippen LogP contribution < -0.4 is 0 Å². The summed E-state index contributed by atoms with van der Waals surface area (Å²) < 4.78 is 54.1. The number of aromatic nitrogens is 3. The molecule has 0 saturated carbocycles. The minimum atomic E-state index is -4.64. The van der Waals surface area contributed by atoms with Crippen LogP contribution in [0.2, 0.25) is 0 Å². The van der Waals surface area contributed by atoms with Crippen LogP contribution in [0, 0.1) is 11.7 Å². The number of hydrogen-bond donors (Lipinski definition) is 0. The molecule has 0 bridgehead atoms. The highest BCUT2D eigenvalue weighted by Crippen LogP contribution is 2.40. The second kappa shape index (κ2) is 7.06. The molecule has 3 atom stereocenters. The fourth-order valence-corrected chi connectivity index (χ4v) is 4.35. The molecule has 160 valence electrons. The van der Waals surface area contributed by atoms with Crippen molar-refractivity contribution in [3.05, 3.63) is 47.3 Å². The van der Waals surface area contributed by atoms with Crippen molar-refractivity contribution in [1.29, 1.82) is 0 Å². The van der Waals surface area contributed by atoms with Gasteiger partial charge in [-0.3, -0.25) is 9.59 Å². The Bertz CT molecular complexity index is 1010. The van der Waals surface area contributed by atoms with E-state index in [1.807, 2.05) is 0 Å². The van der Waals surface area contributed by atoms with Crippen molar-refractivity contribution in [2.45, 2.75) is 38.1 Å². The van der Waals surface area contributed by atoms with Crippen molar-refractivity contribution in [3.8, 4) is 0 Å². The number of benzene rings is 1. The summed E-state index contributed by atoms with van der Waals surface area (Å²) in [5.41, 5.74) is 0.494. The largest absolute Gasteiger partial charge is 0.451 e. The fraction of sp³-hybridized carbons (Fsp3) is 0.474. The van der Waals surface area contributed by atoms with Crippen LogP contribution in [0.4, 0.5) is 17.6 Å². The number of carbonyl (C=O) groups excluding carboxylic acids is 2. The average Bonchev–Trinajstić information content (AvgIpc) is 3.24. The molecule has 7 nitrogen and oxygen atoms in total. The van der Waals surface area contributed by atoms with Crippen molar-refractivity contribution in [2.24, 2.45) is 5.92 Å². The SMILES string of the molecule is CC1c2nnc(C(F)(F)F)n2CCN1C(=O)C1CC(=O)N(C)C1c1cccc(F)c1. The van der Waals surface area contributed by atoms with Gasteiger partial charge in [-0.2, -0.15) is 13.2 Å². The highest BCUT2D eigenvalue weighted by molar-refractivity contribution is 5.90. The number of hydrogen-bond acceptors (Lipinski definition) is 4. The smallest absolute Gasteiger partial charge is 0.338 e. The quantitative estimate of drug-likeness (QED) is 0.694. The molecule has 3 unspecified atom stereocenters. The number of amides is 2. The van der Waals surface area contributed by atoms with E-state index in [-0.39, 0.29) is 37.1 Å². The van der Waals surface area contributed by atoms with E-state index in [1.165, 1.54) is 28.0 Å². The molecule has 1 aromatic heterocycles. The lowest BCUT2D eigenvalue weighted by atomic mass is 9.91. The molecule has 3 heterocycles. The van der Waals surface area contributed by atoms with Gasteiger partial charge in [0.1, 0.15) is 5.82 Å². The van der Waals surface area contributed by atoms with Crippen molar-refractivity contribution in [1.82, 2.24) is 24.6 Å². The molecule has 2 aliphatic rings. The third-order valence-corrected chi connectivity index (χ3v) is 5.82. The van der Waals surface area contributed by atoms with Gasteiger partial charge in [-0.05, 0) is 24.6 Å². The molecule has 2 aliphatic heterocycles. The number of fused-ring (bicyclic) bond motifs is 1. The third-order valence-electron chi connectivity index (χ3n) is 5.82. The maximum Gasteiger partial charge on any atom is 0.451 e. The van der Waals surface area contributed by atoms with E-state index in [9.17, 15) is 27.2 Å². The Labute approximate surface area is 169 Å². The van der Waals surface area contributed by atoms with Crippen LogP contribution in [0.3, 0.4) is 0 Å². The monoisotopic (exact) mass is 425 g/mol. The second-order valence-electron chi connectivity index (χ2n) is 7.55. The van der Waals surface area contributed by atoms with E-state index in [1.54, 1.807) is 20.0 Å². The Morgan fingerprint density at radius 3 is 2.60 bits per heavy atom. The Morgan fingerprint density at radius 1 is 1.20 bits per heavy atom. The van der Waals surface area contributed by atoms with Gasteiger partial charge in [-0.1, -0.05) is 12.1 Å². The lowest BCUT2D eigenvalue weighted by Crippen LogP contribution is -2.45. The predicted octanol–water partition coefficient (Wildman–Crippen LogP) is 2.56. The molecule has 11 heteroatoms. The van der Waals surface area contributed by atoms with Gasteiger partial charge in [0.2, 0.25) is 17.6 Å². The normalized spacial score (nSPS) is 24.3. The lowest BCUT2D eigenvalue weighted by molar-refractivity contribution is -0.148. The molecule has 0 N–H and O–H groups in total. The molecule has 2 amide bonds. The summed E-state index contributed by atoms with van der Waals surface area (Å²) in [6.07, 6.45) is -4.69. The number of carbonyl (C=O) groups is 2. The molecule has 0 radical (unpaired) electrons. The van der Waals surface area contributed by atoms with E-state index in [4.69, 9.17) is 0 Å². The Balaban J connectivity index is 1.64. The van der Waals surface area contributed by atoms with Gasteiger partial charge < -0.3 is 14.4 Å². The van der Waals surface area contributed by atoms with Gasteiger partial charge in [0.05, 0.1) is 18.0 Å². The standard InChI is InChI=1S/C19H19F4N5O2/c1-10-16-24-25-18(19(21,22)23)28(16)7-6-27(10)17(30)13-9-14(29)26(2)15(13)11-4-3-5-12(20)8-11/h3-5,8,10,13,15H,6-7,9H2,1-2H3. The Hall–Kier alpha value is -2.98. The molecule has 1 saturated heterocycles. The molecule has 4 rings (SSSR count). The first-order valence-electron chi connectivity index (χ1n) is 9.41. The highest BCUT2D eigenvalue weighted by atomic mass is 19.4. The van der Waals surface area contributed by atoms with E-state index in [0.29, 0.717) is 5.56 Å². The van der Waals surface area contributed by atoms with Crippen molar-refractivity contribution in [2.75, 3.05) is 13.6 Å².